The average molecular weight is 543 g/mol. The minimum absolute atomic E-state index is 0.611. The van der Waals surface area contributed by atoms with Gasteiger partial charge in [0.2, 0.25) is 0 Å². The monoisotopic (exact) mass is 542 g/mol. The molecular weight excluding hydrogens is 520 g/mol. The fourth-order valence-electron chi connectivity index (χ4n) is 4.78. The fourth-order valence-corrected chi connectivity index (χ4v) is 5.36. The summed E-state index contributed by atoms with van der Waals surface area (Å²) >= 11 is 1.19. The molecule has 0 bridgehead atoms. The first-order valence-electron chi connectivity index (χ1n) is 13.0. The van der Waals surface area contributed by atoms with Crippen LogP contribution in [-0.2, 0) is 0 Å². The first-order chi connectivity index (χ1) is 20.2. The van der Waals surface area contributed by atoms with Gasteiger partial charge in [0, 0.05) is 11.1 Å². The molecule has 6 aromatic rings. The summed E-state index contributed by atoms with van der Waals surface area (Å²) < 4.78 is 9.26. The third-order valence-corrected chi connectivity index (χ3v) is 7.42. The molecule has 1 heterocycles. The van der Waals surface area contributed by atoms with E-state index in [0.717, 1.165) is 55.5 Å². The van der Waals surface area contributed by atoms with E-state index in [1.807, 2.05) is 121 Å². The van der Waals surface area contributed by atoms with Gasteiger partial charge in [-0.15, -0.1) is 0 Å². The predicted octanol–water partition coefficient (Wildman–Crippen LogP) is 9.15. The van der Waals surface area contributed by atoms with Crippen LogP contribution in [0.25, 0.3) is 56.6 Å². The van der Waals surface area contributed by atoms with Gasteiger partial charge in [0.25, 0.3) is 0 Å². The average Bonchev–Trinajstić information content (AvgIpc) is 3.54. The summed E-state index contributed by atoms with van der Waals surface area (Å²) in [5, 5.41) is 19.5. The van der Waals surface area contributed by atoms with Gasteiger partial charge in [-0.3, -0.25) is 0 Å². The van der Waals surface area contributed by atoms with Gasteiger partial charge in [-0.25, -0.2) is 0 Å². The smallest absolute Gasteiger partial charge is 0.113 e. The SMILES string of the molecule is N#C/C(=C\c1ccccc1)c1ccc(-c2ccc(-c3ccc(/C(C#N)=C/c4ccccc4)cc3)c3nsnc23)cc1. The van der Waals surface area contributed by atoms with E-state index in [0.29, 0.717) is 11.1 Å². The molecule has 0 aliphatic heterocycles. The van der Waals surface area contributed by atoms with Crippen LogP contribution in [0.1, 0.15) is 22.3 Å². The quantitative estimate of drug-likeness (QED) is 0.155. The molecule has 0 amide bonds. The lowest BCUT2D eigenvalue weighted by atomic mass is 9.95. The van der Waals surface area contributed by atoms with Crippen molar-refractivity contribution in [2.75, 3.05) is 0 Å². The van der Waals surface area contributed by atoms with E-state index in [4.69, 9.17) is 0 Å². The van der Waals surface area contributed by atoms with Crippen LogP contribution in [0.2, 0.25) is 0 Å². The van der Waals surface area contributed by atoms with E-state index in [1.54, 1.807) is 0 Å². The van der Waals surface area contributed by atoms with Crippen LogP contribution < -0.4 is 0 Å². The normalized spacial score (nSPS) is 11.7. The van der Waals surface area contributed by atoms with Gasteiger partial charge in [-0.2, -0.15) is 19.3 Å². The van der Waals surface area contributed by atoms with Gasteiger partial charge >= 0.3 is 0 Å². The maximum absolute atomic E-state index is 9.75. The van der Waals surface area contributed by atoms with Crippen molar-refractivity contribution >= 4 is 46.1 Å². The summed E-state index contributed by atoms with van der Waals surface area (Å²) in [6, 6.07) is 44.5. The number of nitrogens with zero attached hydrogens (tertiary/aromatic N) is 4. The van der Waals surface area contributed by atoms with Crippen molar-refractivity contribution in [2.24, 2.45) is 0 Å². The molecule has 5 aromatic carbocycles. The molecule has 4 nitrogen and oxygen atoms in total. The topological polar surface area (TPSA) is 73.4 Å². The Hall–Kier alpha value is -5.62. The van der Waals surface area contributed by atoms with E-state index in [1.165, 1.54) is 11.7 Å². The predicted molar refractivity (Wildman–Crippen MR) is 168 cm³/mol. The largest absolute Gasteiger partial charge is 0.192 e. The van der Waals surface area contributed by atoms with E-state index in [9.17, 15) is 10.5 Å². The van der Waals surface area contributed by atoms with Gasteiger partial charge < -0.3 is 0 Å². The highest BCUT2D eigenvalue weighted by molar-refractivity contribution is 7.00. The van der Waals surface area contributed by atoms with Crippen LogP contribution in [0.4, 0.5) is 0 Å². The molecule has 0 saturated carbocycles. The number of fused-ring (bicyclic) bond motifs is 1. The number of hydrogen-bond donors (Lipinski definition) is 0. The Labute approximate surface area is 242 Å². The Morgan fingerprint density at radius 2 is 0.902 bits per heavy atom. The maximum atomic E-state index is 9.75. The molecule has 0 spiro atoms. The number of benzene rings is 5. The number of rotatable bonds is 6. The van der Waals surface area contributed by atoms with Crippen molar-refractivity contribution in [1.82, 2.24) is 8.75 Å². The summed E-state index contributed by atoms with van der Waals surface area (Å²) in [5.41, 5.74) is 10.6. The van der Waals surface area contributed by atoms with Crippen LogP contribution in [0, 0.1) is 22.7 Å². The van der Waals surface area contributed by atoms with Crippen LogP contribution in [0.5, 0.6) is 0 Å². The van der Waals surface area contributed by atoms with Gasteiger partial charge in [0.1, 0.15) is 11.0 Å². The Morgan fingerprint density at radius 3 is 1.27 bits per heavy atom. The van der Waals surface area contributed by atoms with E-state index in [2.05, 4.69) is 33.0 Å². The van der Waals surface area contributed by atoms with Crippen molar-refractivity contribution < 1.29 is 0 Å². The molecule has 0 fully saturated rings. The second-order valence-corrected chi connectivity index (χ2v) is 9.97. The molecule has 0 radical (unpaired) electrons. The molecule has 5 heteroatoms. The minimum atomic E-state index is 0.611. The summed E-state index contributed by atoms with van der Waals surface area (Å²) in [7, 11) is 0. The molecule has 192 valence electrons. The lowest BCUT2D eigenvalue weighted by molar-refractivity contribution is 1.51. The second-order valence-electron chi connectivity index (χ2n) is 9.44. The minimum Gasteiger partial charge on any atom is -0.192 e. The highest BCUT2D eigenvalue weighted by atomic mass is 32.1. The Balaban J connectivity index is 1.30. The Morgan fingerprint density at radius 1 is 0.512 bits per heavy atom. The molecule has 0 atom stereocenters. The maximum Gasteiger partial charge on any atom is 0.113 e. The first kappa shape index (κ1) is 25.6. The van der Waals surface area contributed by atoms with Crippen LogP contribution in [0.15, 0.2) is 121 Å². The number of nitriles is 2. The fraction of sp³-hybridized carbons (Fsp3) is 0. The van der Waals surface area contributed by atoms with E-state index in [-0.39, 0.29) is 0 Å². The Kier molecular flexibility index (Phi) is 7.28. The van der Waals surface area contributed by atoms with Crippen molar-refractivity contribution in [2.45, 2.75) is 0 Å². The van der Waals surface area contributed by atoms with Crippen molar-refractivity contribution in [3.8, 4) is 34.4 Å². The van der Waals surface area contributed by atoms with Gasteiger partial charge in [-0.1, -0.05) is 121 Å². The Bertz CT molecular complexity index is 1830. The molecule has 0 aliphatic rings. The van der Waals surface area contributed by atoms with E-state index >= 15 is 0 Å². The van der Waals surface area contributed by atoms with Crippen molar-refractivity contribution in [3.63, 3.8) is 0 Å². The van der Waals surface area contributed by atoms with Crippen LogP contribution in [-0.4, -0.2) is 8.75 Å². The highest BCUT2D eigenvalue weighted by Gasteiger charge is 2.14. The molecule has 41 heavy (non-hydrogen) atoms. The molecule has 6 rings (SSSR count). The summed E-state index contributed by atoms with van der Waals surface area (Å²) in [6.45, 7) is 0. The lowest BCUT2D eigenvalue weighted by Crippen LogP contribution is -1.88. The summed E-state index contributed by atoms with van der Waals surface area (Å²) in [5.74, 6) is 0. The third kappa shape index (κ3) is 5.44. The molecule has 1 aromatic heterocycles. The zero-order chi connectivity index (χ0) is 28.0. The number of hydrogen-bond acceptors (Lipinski definition) is 5. The zero-order valence-electron chi connectivity index (χ0n) is 21.9. The third-order valence-electron chi connectivity index (χ3n) is 6.89. The summed E-state index contributed by atoms with van der Waals surface area (Å²) in [4.78, 5) is 0. The van der Waals surface area contributed by atoms with Crippen LogP contribution in [0.3, 0.4) is 0 Å². The zero-order valence-corrected chi connectivity index (χ0v) is 22.7. The molecule has 0 unspecified atom stereocenters. The molecule has 0 saturated heterocycles. The van der Waals surface area contributed by atoms with Crippen molar-refractivity contribution in [1.29, 1.82) is 10.5 Å². The van der Waals surface area contributed by atoms with Gasteiger partial charge in [0.15, 0.2) is 0 Å². The van der Waals surface area contributed by atoms with Gasteiger partial charge in [-0.05, 0) is 45.5 Å². The van der Waals surface area contributed by atoms with Crippen molar-refractivity contribution in [3.05, 3.63) is 144 Å². The molecular formula is C36H22N4S. The number of aromatic nitrogens is 2. The van der Waals surface area contributed by atoms with Crippen LogP contribution >= 0.6 is 11.7 Å². The number of allylic oxidation sites excluding steroid dienone is 2. The van der Waals surface area contributed by atoms with E-state index < -0.39 is 0 Å². The first-order valence-corrected chi connectivity index (χ1v) is 13.8. The molecule has 0 aliphatic carbocycles. The summed E-state index contributed by atoms with van der Waals surface area (Å²) in [6.07, 6.45) is 3.79. The lowest BCUT2D eigenvalue weighted by Gasteiger charge is -2.09. The second kappa shape index (κ2) is 11.6. The standard InChI is InChI=1S/C36H22N4S/c37-23-31(21-25-7-3-1-4-8-25)27-11-15-29(16-12-27)33-19-20-34(36-35(33)39-41-40-36)30-17-13-28(14-18-30)32(24-38)22-26-9-5-2-6-10-26/h1-22H/b31-21+,32-22+. The molecule has 0 N–H and O–H groups in total. The van der Waals surface area contributed by atoms with Gasteiger partial charge in [0.05, 0.1) is 35.0 Å². The highest BCUT2D eigenvalue weighted by Crippen LogP contribution is 2.35.